The molecule has 126 valence electrons. The number of nitrogens with zero attached hydrogens (tertiary/aromatic N) is 4. The first-order chi connectivity index (χ1) is 11.1. The minimum absolute atomic E-state index is 0.0389. The molecule has 1 fully saturated rings. The maximum absolute atomic E-state index is 11.8. The van der Waals surface area contributed by atoms with Gasteiger partial charge < -0.3 is 10.4 Å². The van der Waals surface area contributed by atoms with Crippen LogP contribution in [0.25, 0.3) is 4.96 Å². The van der Waals surface area contributed by atoms with Gasteiger partial charge in [-0.2, -0.15) is 4.52 Å². The number of aliphatic hydroxyl groups is 1. The summed E-state index contributed by atoms with van der Waals surface area (Å²) < 4.78 is 1.33. The molecule has 0 unspecified atom stereocenters. The number of fused-ring (bicyclic) bond motifs is 1. The van der Waals surface area contributed by atoms with Crippen LogP contribution < -0.4 is 10.9 Å². The van der Waals surface area contributed by atoms with Crippen molar-refractivity contribution in [1.29, 1.82) is 0 Å². The van der Waals surface area contributed by atoms with Gasteiger partial charge in [0.05, 0.1) is 6.61 Å². The molecule has 1 saturated carbocycles. The first-order valence-electron chi connectivity index (χ1n) is 8.05. The van der Waals surface area contributed by atoms with Crippen LogP contribution in [0, 0.1) is 0 Å². The lowest BCUT2D eigenvalue weighted by Gasteiger charge is -2.44. The number of aliphatic hydroxyl groups excluding tert-OH is 1. The summed E-state index contributed by atoms with van der Waals surface area (Å²) in [6.45, 7) is 1.60. The standard InChI is InChI=1S/C15H23N5O2S/c1-19(9-10-21)15(6-3-2-4-7-15)11-17-13-18-20-12(22)5-8-16-14(20)23-13/h5,8,21H,2-4,6-7,9-11H2,1H3,(H,17,18). The molecule has 0 radical (unpaired) electrons. The number of anilines is 1. The van der Waals surface area contributed by atoms with Crippen molar-refractivity contribution in [3.63, 3.8) is 0 Å². The van der Waals surface area contributed by atoms with Crippen molar-refractivity contribution in [1.82, 2.24) is 19.5 Å². The zero-order chi connectivity index (χ0) is 16.3. The summed E-state index contributed by atoms with van der Waals surface area (Å²) in [6.07, 6.45) is 7.42. The van der Waals surface area contributed by atoms with Gasteiger partial charge in [-0.1, -0.05) is 30.6 Å². The van der Waals surface area contributed by atoms with Crippen LogP contribution in [-0.2, 0) is 0 Å². The van der Waals surface area contributed by atoms with Crippen molar-refractivity contribution >= 4 is 21.4 Å². The second-order valence-corrected chi connectivity index (χ2v) is 7.12. The zero-order valence-corrected chi connectivity index (χ0v) is 14.2. The lowest BCUT2D eigenvalue weighted by molar-refractivity contribution is 0.0690. The van der Waals surface area contributed by atoms with Gasteiger partial charge in [0.25, 0.3) is 5.56 Å². The van der Waals surface area contributed by atoms with E-state index in [1.54, 1.807) is 0 Å². The summed E-state index contributed by atoms with van der Waals surface area (Å²) in [5, 5.41) is 17.7. The maximum atomic E-state index is 11.8. The molecule has 2 N–H and O–H groups in total. The van der Waals surface area contributed by atoms with Crippen molar-refractivity contribution in [2.24, 2.45) is 0 Å². The molecule has 0 saturated heterocycles. The summed E-state index contributed by atoms with van der Waals surface area (Å²) in [6, 6.07) is 1.41. The van der Waals surface area contributed by atoms with Crippen molar-refractivity contribution in [3.8, 4) is 0 Å². The highest BCUT2D eigenvalue weighted by Crippen LogP contribution is 2.33. The van der Waals surface area contributed by atoms with Crippen molar-refractivity contribution in [3.05, 3.63) is 22.6 Å². The topological polar surface area (TPSA) is 82.8 Å². The molecule has 7 nitrogen and oxygen atoms in total. The largest absolute Gasteiger partial charge is 0.395 e. The number of rotatable bonds is 6. The number of hydrogen-bond acceptors (Lipinski definition) is 7. The second-order valence-electron chi connectivity index (χ2n) is 6.17. The Morgan fingerprint density at radius 3 is 2.91 bits per heavy atom. The molecule has 0 atom stereocenters. The van der Waals surface area contributed by atoms with E-state index in [9.17, 15) is 9.90 Å². The van der Waals surface area contributed by atoms with E-state index in [2.05, 4.69) is 27.3 Å². The number of hydrogen-bond donors (Lipinski definition) is 2. The summed E-state index contributed by atoms with van der Waals surface area (Å²) in [5.41, 5.74) is -0.124. The Labute approximate surface area is 139 Å². The van der Waals surface area contributed by atoms with Crippen molar-refractivity contribution in [2.75, 3.05) is 32.1 Å². The first kappa shape index (κ1) is 16.4. The van der Waals surface area contributed by atoms with Crippen LogP contribution in [0.15, 0.2) is 17.1 Å². The molecule has 0 spiro atoms. The van der Waals surface area contributed by atoms with Crippen LogP contribution in [0.2, 0.25) is 0 Å². The number of β-amino-alcohol motifs (C(OH)–C–C–N with tert-alkyl or cyclic N) is 1. The fourth-order valence-corrected chi connectivity index (χ4v) is 4.12. The predicted octanol–water partition coefficient (Wildman–Crippen LogP) is 1.19. The highest BCUT2D eigenvalue weighted by molar-refractivity contribution is 7.20. The Hall–Kier alpha value is -1.51. The van der Waals surface area contributed by atoms with E-state index in [0.29, 0.717) is 16.6 Å². The van der Waals surface area contributed by atoms with E-state index in [1.165, 1.54) is 47.4 Å². The van der Waals surface area contributed by atoms with Crippen LogP contribution in [-0.4, -0.2) is 56.9 Å². The molecule has 0 amide bonds. The summed E-state index contributed by atoms with van der Waals surface area (Å²) in [5.74, 6) is 0. The number of nitrogens with one attached hydrogen (secondary N) is 1. The predicted molar refractivity (Wildman–Crippen MR) is 91.2 cm³/mol. The van der Waals surface area contributed by atoms with Gasteiger partial charge in [0.2, 0.25) is 10.1 Å². The van der Waals surface area contributed by atoms with E-state index >= 15 is 0 Å². The zero-order valence-electron chi connectivity index (χ0n) is 13.4. The summed E-state index contributed by atoms with van der Waals surface area (Å²) in [4.78, 5) is 18.8. The van der Waals surface area contributed by atoms with Gasteiger partial charge in [0.15, 0.2) is 0 Å². The number of likely N-dealkylation sites (N-methyl/N-ethyl adjacent to an activating group) is 1. The lowest BCUT2D eigenvalue weighted by Crippen LogP contribution is -2.53. The highest BCUT2D eigenvalue weighted by Gasteiger charge is 2.35. The fraction of sp³-hybridized carbons (Fsp3) is 0.667. The molecule has 2 aromatic heterocycles. The van der Waals surface area contributed by atoms with E-state index in [4.69, 9.17) is 0 Å². The fourth-order valence-electron chi connectivity index (χ4n) is 3.35. The molecule has 2 aromatic rings. The maximum Gasteiger partial charge on any atom is 0.275 e. The Kier molecular flexibility index (Phi) is 4.93. The molecule has 0 aliphatic heterocycles. The van der Waals surface area contributed by atoms with Crippen LogP contribution in [0.4, 0.5) is 5.13 Å². The lowest BCUT2D eigenvalue weighted by atomic mass is 9.80. The third-order valence-electron chi connectivity index (χ3n) is 4.77. The summed E-state index contributed by atoms with van der Waals surface area (Å²) in [7, 11) is 2.08. The molecule has 0 aromatic carbocycles. The van der Waals surface area contributed by atoms with Gasteiger partial charge >= 0.3 is 0 Å². The smallest absolute Gasteiger partial charge is 0.275 e. The van der Waals surface area contributed by atoms with Crippen LogP contribution in [0.5, 0.6) is 0 Å². The Morgan fingerprint density at radius 2 is 2.22 bits per heavy atom. The van der Waals surface area contributed by atoms with E-state index in [1.807, 2.05) is 0 Å². The van der Waals surface area contributed by atoms with Gasteiger partial charge in [-0.3, -0.25) is 9.69 Å². The normalized spacial score (nSPS) is 17.7. The molecule has 1 aliphatic carbocycles. The average Bonchev–Trinajstić information content (AvgIpc) is 2.99. The second kappa shape index (κ2) is 6.94. The van der Waals surface area contributed by atoms with Crippen molar-refractivity contribution in [2.45, 2.75) is 37.6 Å². The third-order valence-corrected chi connectivity index (χ3v) is 5.65. The van der Waals surface area contributed by atoms with Crippen LogP contribution in [0.1, 0.15) is 32.1 Å². The van der Waals surface area contributed by atoms with Gasteiger partial charge in [0, 0.05) is 30.9 Å². The molecule has 2 heterocycles. The van der Waals surface area contributed by atoms with Gasteiger partial charge in [-0.15, -0.1) is 5.10 Å². The molecular weight excluding hydrogens is 314 g/mol. The summed E-state index contributed by atoms with van der Waals surface area (Å²) >= 11 is 1.39. The SMILES string of the molecule is CN(CCO)C1(CNc2nn3c(=O)ccnc3s2)CCCCC1. The molecular formula is C15H23N5O2S. The van der Waals surface area contributed by atoms with Crippen LogP contribution >= 0.6 is 11.3 Å². The van der Waals surface area contributed by atoms with E-state index in [0.717, 1.165) is 19.4 Å². The van der Waals surface area contributed by atoms with E-state index < -0.39 is 0 Å². The average molecular weight is 337 g/mol. The Bertz CT molecular complexity index is 707. The molecule has 23 heavy (non-hydrogen) atoms. The third kappa shape index (κ3) is 3.39. The molecule has 8 heteroatoms. The highest BCUT2D eigenvalue weighted by atomic mass is 32.1. The van der Waals surface area contributed by atoms with Gasteiger partial charge in [-0.25, -0.2) is 4.98 Å². The number of aromatic nitrogens is 3. The first-order valence-corrected chi connectivity index (χ1v) is 8.87. The Balaban J connectivity index is 1.77. The minimum atomic E-state index is -0.163. The van der Waals surface area contributed by atoms with Crippen molar-refractivity contribution < 1.29 is 5.11 Å². The molecule has 1 aliphatic rings. The minimum Gasteiger partial charge on any atom is -0.395 e. The molecule has 0 bridgehead atoms. The van der Waals surface area contributed by atoms with E-state index in [-0.39, 0.29) is 17.7 Å². The van der Waals surface area contributed by atoms with Gasteiger partial charge in [-0.05, 0) is 19.9 Å². The van der Waals surface area contributed by atoms with Gasteiger partial charge in [0.1, 0.15) is 0 Å². The van der Waals surface area contributed by atoms with Crippen LogP contribution in [0.3, 0.4) is 0 Å². The molecule has 3 rings (SSSR count). The Morgan fingerprint density at radius 1 is 1.43 bits per heavy atom. The quantitative estimate of drug-likeness (QED) is 0.824. The monoisotopic (exact) mass is 337 g/mol.